The second kappa shape index (κ2) is 4.57. The predicted octanol–water partition coefficient (Wildman–Crippen LogP) is 3.34. The van der Waals surface area contributed by atoms with Gasteiger partial charge in [-0.05, 0) is 34.1 Å². The molecule has 0 fully saturated rings. The van der Waals surface area contributed by atoms with Crippen LogP contribution in [0, 0.1) is 5.82 Å². The van der Waals surface area contributed by atoms with Crippen molar-refractivity contribution >= 4 is 39.6 Å². The molecule has 0 saturated heterocycles. The Kier molecular flexibility index (Phi) is 3.66. The number of halogens is 3. The molecule has 0 radical (unpaired) electrons. The molecular weight excluding hydrogens is 274 g/mol. The Balaban J connectivity index is 3.19. The maximum atomic E-state index is 13.1. The highest BCUT2D eigenvalue weighted by atomic mass is 79.9. The van der Waals surface area contributed by atoms with Crippen LogP contribution in [0.3, 0.4) is 0 Å². The summed E-state index contributed by atoms with van der Waals surface area (Å²) in [4.78, 5) is 10.2. The van der Waals surface area contributed by atoms with Crippen LogP contribution in [0.1, 0.15) is 5.56 Å². The fourth-order valence-electron chi connectivity index (χ4n) is 0.850. The summed E-state index contributed by atoms with van der Waals surface area (Å²) in [6, 6.07) is 2.56. The number of hydrogen-bond donors (Lipinski definition) is 1. The average Bonchev–Trinajstić information content (AvgIpc) is 2.11. The van der Waals surface area contributed by atoms with Gasteiger partial charge in [0.2, 0.25) is 0 Å². The zero-order valence-corrected chi connectivity index (χ0v) is 9.14. The van der Waals surface area contributed by atoms with Crippen molar-refractivity contribution in [2.45, 2.75) is 0 Å². The van der Waals surface area contributed by atoms with E-state index in [1.807, 2.05) is 0 Å². The van der Waals surface area contributed by atoms with Crippen molar-refractivity contribution in [3.8, 4) is 0 Å². The molecule has 0 aliphatic rings. The quantitative estimate of drug-likeness (QED) is 0.666. The Morgan fingerprint density at radius 3 is 2.79 bits per heavy atom. The van der Waals surface area contributed by atoms with Gasteiger partial charge in [0, 0.05) is 16.1 Å². The van der Waals surface area contributed by atoms with E-state index in [1.54, 1.807) is 0 Å². The Morgan fingerprint density at radius 1 is 1.57 bits per heavy atom. The minimum Gasteiger partial charge on any atom is -0.478 e. The molecule has 0 amide bonds. The highest BCUT2D eigenvalue weighted by Crippen LogP contribution is 2.29. The van der Waals surface area contributed by atoms with Crippen molar-refractivity contribution in [1.82, 2.24) is 0 Å². The molecule has 14 heavy (non-hydrogen) atoms. The lowest BCUT2D eigenvalue weighted by Crippen LogP contribution is -1.89. The van der Waals surface area contributed by atoms with Crippen LogP contribution in [0.15, 0.2) is 22.7 Å². The number of hydrogen-bond acceptors (Lipinski definition) is 1. The van der Waals surface area contributed by atoms with Crippen molar-refractivity contribution in [3.05, 3.63) is 39.1 Å². The van der Waals surface area contributed by atoms with Crippen molar-refractivity contribution in [3.63, 3.8) is 0 Å². The zero-order valence-electron chi connectivity index (χ0n) is 6.80. The van der Waals surface area contributed by atoms with Gasteiger partial charge < -0.3 is 5.11 Å². The van der Waals surface area contributed by atoms with Crippen LogP contribution in [0.5, 0.6) is 0 Å². The molecule has 0 aliphatic heterocycles. The van der Waals surface area contributed by atoms with Gasteiger partial charge in [-0.15, -0.1) is 0 Å². The molecule has 1 aromatic rings. The molecule has 0 spiro atoms. The van der Waals surface area contributed by atoms with Crippen LogP contribution >= 0.6 is 27.5 Å². The molecule has 1 N–H and O–H groups in total. The number of carboxylic acid groups (broad SMARTS) is 1. The lowest BCUT2D eigenvalue weighted by molar-refractivity contribution is -0.131. The van der Waals surface area contributed by atoms with Crippen LogP contribution in [-0.2, 0) is 4.79 Å². The first-order chi connectivity index (χ1) is 6.52. The summed E-state index contributed by atoms with van der Waals surface area (Å²) in [7, 11) is 0. The molecular formula is C9H5BrClFO2. The van der Waals surface area contributed by atoms with E-state index in [0.717, 1.165) is 12.2 Å². The monoisotopic (exact) mass is 278 g/mol. The van der Waals surface area contributed by atoms with Gasteiger partial charge in [0.15, 0.2) is 0 Å². The maximum Gasteiger partial charge on any atom is 0.328 e. The van der Waals surface area contributed by atoms with Crippen LogP contribution in [0.2, 0.25) is 5.02 Å². The van der Waals surface area contributed by atoms with Crippen molar-refractivity contribution in [2.24, 2.45) is 0 Å². The van der Waals surface area contributed by atoms with Gasteiger partial charge in [0.25, 0.3) is 0 Å². The standard InChI is InChI=1S/C9H5BrClFO2/c10-9-5(1-4-8(13)14)7(12)3-2-6(9)11/h1-4H,(H,13,14)/b4-1+. The normalized spacial score (nSPS) is 10.8. The van der Waals surface area contributed by atoms with Gasteiger partial charge in [-0.25, -0.2) is 9.18 Å². The smallest absolute Gasteiger partial charge is 0.328 e. The average molecular weight is 279 g/mol. The van der Waals surface area contributed by atoms with E-state index in [-0.39, 0.29) is 5.56 Å². The maximum absolute atomic E-state index is 13.1. The summed E-state index contributed by atoms with van der Waals surface area (Å²) in [5, 5.41) is 8.70. The summed E-state index contributed by atoms with van der Waals surface area (Å²) >= 11 is 8.77. The summed E-state index contributed by atoms with van der Waals surface area (Å²) in [6.45, 7) is 0. The van der Waals surface area contributed by atoms with Crippen LogP contribution in [0.25, 0.3) is 6.08 Å². The first-order valence-electron chi connectivity index (χ1n) is 3.57. The first-order valence-corrected chi connectivity index (χ1v) is 4.74. The molecule has 5 heteroatoms. The molecule has 74 valence electrons. The third-order valence-corrected chi connectivity index (χ3v) is 2.87. The van der Waals surface area contributed by atoms with Gasteiger partial charge in [0.05, 0.1) is 5.02 Å². The number of benzene rings is 1. The Bertz CT molecular complexity index is 404. The number of aliphatic carboxylic acids is 1. The first kappa shape index (κ1) is 11.2. The highest BCUT2D eigenvalue weighted by molar-refractivity contribution is 9.10. The van der Waals surface area contributed by atoms with Crippen LogP contribution in [-0.4, -0.2) is 11.1 Å². The Labute approximate surface area is 93.1 Å². The van der Waals surface area contributed by atoms with E-state index in [9.17, 15) is 9.18 Å². The van der Waals surface area contributed by atoms with E-state index in [4.69, 9.17) is 16.7 Å². The van der Waals surface area contributed by atoms with Gasteiger partial charge in [-0.2, -0.15) is 0 Å². The second-order valence-electron chi connectivity index (χ2n) is 2.43. The minimum atomic E-state index is -1.14. The van der Waals surface area contributed by atoms with Gasteiger partial charge in [0.1, 0.15) is 5.82 Å². The fraction of sp³-hybridized carbons (Fsp3) is 0. The van der Waals surface area contributed by atoms with Crippen molar-refractivity contribution in [2.75, 3.05) is 0 Å². The molecule has 0 atom stereocenters. The highest BCUT2D eigenvalue weighted by Gasteiger charge is 2.07. The van der Waals surface area contributed by atoms with E-state index in [0.29, 0.717) is 9.50 Å². The molecule has 0 unspecified atom stereocenters. The SMILES string of the molecule is O=C(O)/C=C/c1c(F)ccc(Cl)c1Br. The van der Waals surface area contributed by atoms with Gasteiger partial charge in [-0.1, -0.05) is 11.6 Å². The molecule has 0 saturated carbocycles. The second-order valence-corrected chi connectivity index (χ2v) is 3.63. The Morgan fingerprint density at radius 2 is 2.21 bits per heavy atom. The van der Waals surface area contributed by atoms with Gasteiger partial charge >= 0.3 is 5.97 Å². The van der Waals surface area contributed by atoms with Crippen LogP contribution in [0.4, 0.5) is 4.39 Å². The molecule has 2 nitrogen and oxygen atoms in total. The lowest BCUT2D eigenvalue weighted by atomic mass is 10.2. The van der Waals surface area contributed by atoms with E-state index < -0.39 is 11.8 Å². The van der Waals surface area contributed by atoms with E-state index in [2.05, 4.69) is 15.9 Å². The molecule has 0 heterocycles. The molecule has 0 bridgehead atoms. The number of rotatable bonds is 2. The summed E-state index contributed by atoms with van der Waals surface area (Å²) in [5.41, 5.74) is 0.125. The number of carbonyl (C=O) groups is 1. The molecule has 0 aromatic heterocycles. The van der Waals surface area contributed by atoms with Gasteiger partial charge in [-0.3, -0.25) is 0 Å². The van der Waals surface area contributed by atoms with E-state index in [1.165, 1.54) is 12.1 Å². The lowest BCUT2D eigenvalue weighted by Gasteiger charge is -2.01. The topological polar surface area (TPSA) is 37.3 Å². The Hall–Kier alpha value is -0.870. The third kappa shape index (κ3) is 2.56. The number of carboxylic acids is 1. The fourth-order valence-corrected chi connectivity index (χ4v) is 1.47. The predicted molar refractivity (Wildman–Crippen MR) is 55.8 cm³/mol. The molecule has 1 rings (SSSR count). The molecule has 1 aromatic carbocycles. The van der Waals surface area contributed by atoms with Crippen LogP contribution < -0.4 is 0 Å². The van der Waals surface area contributed by atoms with Crippen molar-refractivity contribution in [1.29, 1.82) is 0 Å². The summed E-state index contributed by atoms with van der Waals surface area (Å²) < 4.78 is 13.5. The molecule has 0 aliphatic carbocycles. The van der Waals surface area contributed by atoms with E-state index >= 15 is 0 Å². The third-order valence-electron chi connectivity index (χ3n) is 1.47. The summed E-state index contributed by atoms with van der Waals surface area (Å²) in [6.07, 6.45) is 1.99. The van der Waals surface area contributed by atoms with Crippen molar-refractivity contribution < 1.29 is 14.3 Å². The minimum absolute atomic E-state index is 0.125. The summed E-state index contributed by atoms with van der Waals surface area (Å²) in [5.74, 6) is -1.67. The largest absolute Gasteiger partial charge is 0.478 e. The zero-order chi connectivity index (χ0) is 10.7.